The number of carbonyl (C=O) groups is 1. The largest absolute Gasteiger partial charge is 0.465 e. The van der Waals surface area contributed by atoms with E-state index in [0.29, 0.717) is 5.92 Å². The summed E-state index contributed by atoms with van der Waals surface area (Å²) in [6, 6.07) is 0.0579. The highest BCUT2D eigenvalue weighted by Gasteiger charge is 2.10. The van der Waals surface area contributed by atoms with Gasteiger partial charge in [-0.15, -0.1) is 0 Å². The molecule has 2 atom stereocenters. The molecule has 0 saturated carbocycles. The van der Waals surface area contributed by atoms with Crippen molar-refractivity contribution in [2.24, 2.45) is 5.92 Å². The van der Waals surface area contributed by atoms with Crippen molar-refractivity contribution in [2.75, 3.05) is 0 Å². The fourth-order valence-electron chi connectivity index (χ4n) is 0.691. The number of hydrogen-bond donors (Lipinski definition) is 2. The quantitative estimate of drug-likeness (QED) is 0.634. The third kappa shape index (κ3) is 3.33. The van der Waals surface area contributed by atoms with E-state index in [2.05, 4.69) is 5.32 Å². The zero-order valence-electron chi connectivity index (χ0n) is 6.72. The molecular weight excluding hydrogens is 130 g/mol. The predicted molar refractivity (Wildman–Crippen MR) is 40.1 cm³/mol. The standard InChI is InChI=1S/C7H15NO2/c1-4-5(2)6(3)8-7(9)10/h5-6,8H,4H2,1-3H3,(H,9,10)/t5-,6?/m0/s1. The van der Waals surface area contributed by atoms with Gasteiger partial charge in [0.25, 0.3) is 0 Å². The third-order valence-electron chi connectivity index (χ3n) is 1.85. The van der Waals surface area contributed by atoms with Crippen molar-refractivity contribution in [3.63, 3.8) is 0 Å². The fraction of sp³-hybridized carbons (Fsp3) is 0.857. The zero-order valence-corrected chi connectivity index (χ0v) is 6.72. The highest BCUT2D eigenvalue weighted by Crippen LogP contribution is 2.05. The minimum Gasteiger partial charge on any atom is -0.465 e. The molecule has 0 aromatic rings. The number of carboxylic acid groups (broad SMARTS) is 1. The van der Waals surface area contributed by atoms with E-state index in [1.54, 1.807) is 0 Å². The number of amides is 1. The summed E-state index contributed by atoms with van der Waals surface area (Å²) in [6.45, 7) is 5.95. The Labute approximate surface area is 61.4 Å². The molecule has 0 fully saturated rings. The first-order valence-corrected chi connectivity index (χ1v) is 3.57. The maximum absolute atomic E-state index is 10.1. The lowest BCUT2D eigenvalue weighted by Gasteiger charge is -2.17. The summed E-state index contributed by atoms with van der Waals surface area (Å²) in [4.78, 5) is 10.1. The van der Waals surface area contributed by atoms with E-state index in [0.717, 1.165) is 6.42 Å². The lowest BCUT2D eigenvalue weighted by atomic mass is 10.0. The summed E-state index contributed by atoms with van der Waals surface area (Å²) in [6.07, 6.45) is 0.0642. The second-order valence-corrected chi connectivity index (χ2v) is 2.62. The predicted octanol–water partition coefficient (Wildman–Crippen LogP) is 1.69. The van der Waals surface area contributed by atoms with Gasteiger partial charge in [0, 0.05) is 6.04 Å². The molecule has 0 bridgehead atoms. The summed E-state index contributed by atoms with van der Waals surface area (Å²) >= 11 is 0. The van der Waals surface area contributed by atoms with Gasteiger partial charge in [0.15, 0.2) is 0 Å². The van der Waals surface area contributed by atoms with Crippen LogP contribution in [0.2, 0.25) is 0 Å². The maximum Gasteiger partial charge on any atom is 0.404 e. The van der Waals surface area contributed by atoms with Gasteiger partial charge in [-0.1, -0.05) is 20.3 Å². The highest BCUT2D eigenvalue weighted by molar-refractivity contribution is 5.64. The van der Waals surface area contributed by atoms with E-state index in [1.807, 2.05) is 20.8 Å². The monoisotopic (exact) mass is 145 g/mol. The summed E-state index contributed by atoms with van der Waals surface area (Å²) < 4.78 is 0. The van der Waals surface area contributed by atoms with E-state index in [1.165, 1.54) is 0 Å². The average Bonchev–Trinajstić information content (AvgIpc) is 1.85. The molecule has 0 heterocycles. The first-order chi connectivity index (χ1) is 4.57. The van der Waals surface area contributed by atoms with Gasteiger partial charge in [-0.2, -0.15) is 0 Å². The normalized spacial score (nSPS) is 15.9. The van der Waals surface area contributed by atoms with Gasteiger partial charge in [0.1, 0.15) is 0 Å². The Balaban J connectivity index is 3.61. The Morgan fingerprint density at radius 3 is 2.40 bits per heavy atom. The second-order valence-electron chi connectivity index (χ2n) is 2.62. The van der Waals surface area contributed by atoms with Gasteiger partial charge in [0.05, 0.1) is 0 Å². The van der Waals surface area contributed by atoms with Crippen LogP contribution in [0.4, 0.5) is 4.79 Å². The second kappa shape index (κ2) is 4.14. The Kier molecular flexibility index (Phi) is 3.84. The molecule has 0 spiro atoms. The molecule has 3 heteroatoms. The molecule has 1 amide bonds. The molecule has 2 N–H and O–H groups in total. The van der Waals surface area contributed by atoms with Gasteiger partial charge in [-0.3, -0.25) is 0 Å². The molecule has 60 valence electrons. The average molecular weight is 145 g/mol. The lowest BCUT2D eigenvalue weighted by molar-refractivity contribution is 0.186. The van der Waals surface area contributed by atoms with Crippen LogP contribution in [0.25, 0.3) is 0 Å². The van der Waals surface area contributed by atoms with Gasteiger partial charge < -0.3 is 10.4 Å². The van der Waals surface area contributed by atoms with E-state index >= 15 is 0 Å². The number of nitrogens with one attached hydrogen (secondary N) is 1. The van der Waals surface area contributed by atoms with Crippen molar-refractivity contribution < 1.29 is 9.90 Å². The molecule has 0 aliphatic heterocycles. The molecule has 1 unspecified atom stereocenters. The van der Waals surface area contributed by atoms with Crippen LogP contribution in [-0.2, 0) is 0 Å². The van der Waals surface area contributed by atoms with Crippen LogP contribution in [0.3, 0.4) is 0 Å². The maximum atomic E-state index is 10.1. The van der Waals surface area contributed by atoms with Crippen LogP contribution in [0, 0.1) is 5.92 Å². The summed E-state index contributed by atoms with van der Waals surface area (Å²) in [5, 5.41) is 10.7. The molecule has 0 aromatic heterocycles. The first kappa shape index (κ1) is 9.27. The van der Waals surface area contributed by atoms with Crippen LogP contribution in [-0.4, -0.2) is 17.2 Å². The van der Waals surface area contributed by atoms with Crippen molar-refractivity contribution in [1.82, 2.24) is 5.32 Å². The molecule has 0 aliphatic rings. The van der Waals surface area contributed by atoms with Crippen LogP contribution in [0.15, 0.2) is 0 Å². The minimum atomic E-state index is -0.937. The highest BCUT2D eigenvalue weighted by atomic mass is 16.4. The Morgan fingerprint density at radius 2 is 2.10 bits per heavy atom. The SMILES string of the molecule is CC[C@H](C)C(C)NC(=O)O. The first-order valence-electron chi connectivity index (χ1n) is 3.57. The van der Waals surface area contributed by atoms with Crippen LogP contribution in [0.5, 0.6) is 0 Å². The van der Waals surface area contributed by atoms with Crippen molar-refractivity contribution in [1.29, 1.82) is 0 Å². The summed E-state index contributed by atoms with van der Waals surface area (Å²) in [5.41, 5.74) is 0. The molecule has 10 heavy (non-hydrogen) atoms. The van der Waals surface area contributed by atoms with Crippen LogP contribution in [0.1, 0.15) is 27.2 Å². The zero-order chi connectivity index (χ0) is 8.15. The van der Waals surface area contributed by atoms with Gasteiger partial charge in [-0.05, 0) is 12.8 Å². The molecule has 0 aliphatic carbocycles. The van der Waals surface area contributed by atoms with Gasteiger partial charge in [0.2, 0.25) is 0 Å². The van der Waals surface area contributed by atoms with E-state index in [9.17, 15) is 4.79 Å². The Hall–Kier alpha value is -0.730. The van der Waals surface area contributed by atoms with E-state index in [-0.39, 0.29) is 6.04 Å². The van der Waals surface area contributed by atoms with E-state index in [4.69, 9.17) is 5.11 Å². The fourth-order valence-corrected chi connectivity index (χ4v) is 0.691. The number of hydrogen-bond acceptors (Lipinski definition) is 1. The summed E-state index contributed by atoms with van der Waals surface area (Å²) in [7, 11) is 0. The Morgan fingerprint density at radius 1 is 1.60 bits per heavy atom. The molecular formula is C7H15NO2. The smallest absolute Gasteiger partial charge is 0.404 e. The molecule has 3 nitrogen and oxygen atoms in total. The van der Waals surface area contributed by atoms with Crippen molar-refractivity contribution in [3.05, 3.63) is 0 Å². The van der Waals surface area contributed by atoms with Crippen LogP contribution < -0.4 is 5.32 Å². The molecule has 0 aromatic carbocycles. The third-order valence-corrected chi connectivity index (χ3v) is 1.85. The molecule has 0 saturated heterocycles. The van der Waals surface area contributed by atoms with Crippen molar-refractivity contribution in [2.45, 2.75) is 33.2 Å². The number of rotatable bonds is 3. The van der Waals surface area contributed by atoms with Crippen molar-refractivity contribution in [3.8, 4) is 0 Å². The van der Waals surface area contributed by atoms with E-state index < -0.39 is 6.09 Å². The minimum absolute atomic E-state index is 0.0579. The molecule has 0 radical (unpaired) electrons. The lowest BCUT2D eigenvalue weighted by Crippen LogP contribution is -2.35. The van der Waals surface area contributed by atoms with Gasteiger partial charge in [-0.25, -0.2) is 4.79 Å². The molecule has 0 rings (SSSR count). The van der Waals surface area contributed by atoms with Gasteiger partial charge >= 0.3 is 6.09 Å². The van der Waals surface area contributed by atoms with Crippen molar-refractivity contribution >= 4 is 6.09 Å². The topological polar surface area (TPSA) is 49.3 Å². The van der Waals surface area contributed by atoms with Crippen LogP contribution >= 0.6 is 0 Å². The Bertz CT molecular complexity index is 114. The summed E-state index contributed by atoms with van der Waals surface area (Å²) in [5.74, 6) is 0.413.